The van der Waals surface area contributed by atoms with Crippen LogP contribution in [-0.4, -0.2) is 52.4 Å². The zero-order valence-electron chi connectivity index (χ0n) is 13.5. The second-order valence-electron chi connectivity index (χ2n) is 6.04. The molecule has 1 aliphatic rings. The van der Waals surface area contributed by atoms with Gasteiger partial charge in [0, 0.05) is 13.1 Å². The molecule has 2 heterocycles. The molecule has 23 heavy (non-hydrogen) atoms. The van der Waals surface area contributed by atoms with Crippen LogP contribution in [-0.2, 0) is 0 Å². The van der Waals surface area contributed by atoms with Gasteiger partial charge in [0.2, 0.25) is 0 Å². The molecule has 0 radical (unpaired) electrons. The first kappa shape index (κ1) is 15.7. The summed E-state index contributed by atoms with van der Waals surface area (Å²) < 4.78 is 0. The minimum Gasteiger partial charge on any atom is -0.349 e. The summed E-state index contributed by atoms with van der Waals surface area (Å²) in [5.41, 5.74) is 2.46. The van der Waals surface area contributed by atoms with Crippen LogP contribution in [0.15, 0.2) is 30.3 Å². The molecule has 0 bridgehead atoms. The maximum absolute atomic E-state index is 12.0. The molecule has 1 fully saturated rings. The number of carbonyl (C=O) groups is 1. The molecule has 2 N–H and O–H groups in total. The fourth-order valence-corrected chi connectivity index (χ4v) is 3.13. The van der Waals surface area contributed by atoms with Gasteiger partial charge >= 0.3 is 0 Å². The Labute approximate surface area is 136 Å². The van der Waals surface area contributed by atoms with Crippen molar-refractivity contribution in [1.29, 1.82) is 0 Å². The van der Waals surface area contributed by atoms with Gasteiger partial charge < -0.3 is 10.2 Å². The van der Waals surface area contributed by atoms with E-state index in [1.807, 2.05) is 0 Å². The minimum atomic E-state index is -0.157. The van der Waals surface area contributed by atoms with E-state index < -0.39 is 0 Å². The third kappa shape index (κ3) is 3.96. The highest BCUT2D eigenvalue weighted by Crippen LogP contribution is 2.27. The second-order valence-corrected chi connectivity index (χ2v) is 6.04. The van der Waals surface area contributed by atoms with E-state index in [9.17, 15) is 4.79 Å². The summed E-state index contributed by atoms with van der Waals surface area (Å²) in [7, 11) is 0. The van der Waals surface area contributed by atoms with E-state index in [0.717, 1.165) is 19.6 Å². The van der Waals surface area contributed by atoms with Crippen molar-refractivity contribution in [1.82, 2.24) is 25.6 Å². The Bertz CT molecular complexity index is 631. The van der Waals surface area contributed by atoms with E-state index in [2.05, 4.69) is 56.0 Å². The van der Waals surface area contributed by atoms with Crippen LogP contribution < -0.4 is 5.32 Å². The zero-order chi connectivity index (χ0) is 16.1. The lowest BCUT2D eigenvalue weighted by molar-refractivity contribution is 0.0940. The predicted molar refractivity (Wildman–Crippen MR) is 88.3 cm³/mol. The minimum absolute atomic E-state index is 0.157. The summed E-state index contributed by atoms with van der Waals surface area (Å²) in [6, 6.07) is 10.7. The van der Waals surface area contributed by atoms with E-state index in [4.69, 9.17) is 0 Å². The lowest BCUT2D eigenvalue weighted by Crippen LogP contribution is -2.39. The molecule has 122 valence electrons. The second kappa shape index (κ2) is 7.37. The number of H-pyrrole nitrogens is 1. The summed E-state index contributed by atoms with van der Waals surface area (Å²) in [5.74, 6) is 0.509. The van der Waals surface area contributed by atoms with E-state index in [1.54, 1.807) is 6.92 Å². The number of nitrogens with one attached hydrogen (secondary N) is 2. The predicted octanol–water partition coefficient (Wildman–Crippen LogP) is 1.72. The zero-order valence-corrected chi connectivity index (χ0v) is 13.5. The van der Waals surface area contributed by atoms with Gasteiger partial charge in [-0.3, -0.25) is 4.79 Å². The van der Waals surface area contributed by atoms with Gasteiger partial charge in [-0.2, -0.15) is 15.4 Å². The Morgan fingerprint density at radius 1 is 1.26 bits per heavy atom. The van der Waals surface area contributed by atoms with Crippen LogP contribution in [0.4, 0.5) is 0 Å². The molecular weight excluding hydrogens is 290 g/mol. The molecule has 1 amide bonds. The number of hydrogen-bond acceptors (Lipinski definition) is 4. The first-order chi connectivity index (χ1) is 11.2. The lowest BCUT2D eigenvalue weighted by Gasteiger charge is -2.32. The standard InChI is InChI=1S/C17H23N5O/c1-13-16(20-21-19-13)17(23)18-9-12-22-10-7-15(8-11-22)14-5-3-2-4-6-14/h2-6,15H,7-12H2,1H3,(H,18,23)(H,19,20,21). The Hall–Kier alpha value is -2.21. The summed E-state index contributed by atoms with van der Waals surface area (Å²) >= 11 is 0. The molecule has 6 nitrogen and oxygen atoms in total. The molecule has 0 atom stereocenters. The van der Waals surface area contributed by atoms with E-state index in [-0.39, 0.29) is 5.91 Å². The maximum atomic E-state index is 12.0. The van der Waals surface area contributed by atoms with E-state index >= 15 is 0 Å². The van der Waals surface area contributed by atoms with Crippen molar-refractivity contribution < 1.29 is 4.79 Å². The molecule has 0 saturated carbocycles. The Morgan fingerprint density at radius 3 is 2.65 bits per heavy atom. The van der Waals surface area contributed by atoms with Crippen molar-refractivity contribution in [2.45, 2.75) is 25.7 Å². The molecule has 1 aromatic carbocycles. The van der Waals surface area contributed by atoms with Crippen molar-refractivity contribution in [3.05, 3.63) is 47.3 Å². The van der Waals surface area contributed by atoms with Crippen molar-refractivity contribution in [2.24, 2.45) is 0 Å². The molecule has 2 aromatic rings. The van der Waals surface area contributed by atoms with Crippen LogP contribution in [0, 0.1) is 6.92 Å². The highest BCUT2D eigenvalue weighted by Gasteiger charge is 2.20. The smallest absolute Gasteiger partial charge is 0.273 e. The van der Waals surface area contributed by atoms with Crippen molar-refractivity contribution in [3.63, 3.8) is 0 Å². The van der Waals surface area contributed by atoms with Crippen molar-refractivity contribution >= 4 is 5.91 Å². The SMILES string of the molecule is Cc1n[nH]nc1C(=O)NCCN1CCC(c2ccccc2)CC1. The third-order valence-electron chi connectivity index (χ3n) is 4.51. The number of hydrogen-bond donors (Lipinski definition) is 2. The number of aromatic amines is 1. The van der Waals surface area contributed by atoms with Crippen LogP contribution in [0.25, 0.3) is 0 Å². The largest absolute Gasteiger partial charge is 0.349 e. The molecule has 1 saturated heterocycles. The number of piperidine rings is 1. The van der Waals surface area contributed by atoms with Gasteiger partial charge in [0.25, 0.3) is 5.91 Å². The summed E-state index contributed by atoms with van der Waals surface area (Å²) in [4.78, 5) is 14.4. The third-order valence-corrected chi connectivity index (χ3v) is 4.51. The fourth-order valence-electron chi connectivity index (χ4n) is 3.13. The number of aromatic nitrogens is 3. The van der Waals surface area contributed by atoms with Gasteiger partial charge in [0.1, 0.15) is 0 Å². The Morgan fingerprint density at radius 2 is 2.00 bits per heavy atom. The van der Waals surface area contributed by atoms with Gasteiger partial charge in [-0.05, 0) is 44.3 Å². The maximum Gasteiger partial charge on any atom is 0.273 e. The highest BCUT2D eigenvalue weighted by atomic mass is 16.2. The van der Waals surface area contributed by atoms with Gasteiger partial charge in [0.05, 0.1) is 5.69 Å². The molecule has 0 unspecified atom stereocenters. The number of aryl methyl sites for hydroxylation is 1. The summed E-state index contributed by atoms with van der Waals surface area (Å²) in [6.07, 6.45) is 2.36. The highest BCUT2D eigenvalue weighted by molar-refractivity contribution is 5.93. The summed E-state index contributed by atoms with van der Waals surface area (Å²) in [5, 5.41) is 13.1. The van der Waals surface area contributed by atoms with Crippen LogP contribution in [0.5, 0.6) is 0 Å². The van der Waals surface area contributed by atoms with Crippen molar-refractivity contribution in [2.75, 3.05) is 26.2 Å². The lowest BCUT2D eigenvalue weighted by atomic mass is 9.89. The first-order valence-corrected chi connectivity index (χ1v) is 8.17. The number of carbonyl (C=O) groups excluding carboxylic acids is 1. The molecule has 3 rings (SSSR count). The average Bonchev–Trinajstić information content (AvgIpc) is 3.02. The van der Waals surface area contributed by atoms with Gasteiger partial charge in [-0.15, -0.1) is 0 Å². The topological polar surface area (TPSA) is 73.9 Å². The number of amides is 1. The van der Waals surface area contributed by atoms with E-state index in [0.29, 0.717) is 23.9 Å². The Kier molecular flexibility index (Phi) is 5.02. The molecule has 1 aliphatic heterocycles. The number of benzene rings is 1. The van der Waals surface area contributed by atoms with E-state index in [1.165, 1.54) is 18.4 Å². The molecule has 6 heteroatoms. The molecule has 1 aromatic heterocycles. The normalized spacial score (nSPS) is 16.4. The van der Waals surface area contributed by atoms with Crippen LogP contribution in [0.3, 0.4) is 0 Å². The van der Waals surface area contributed by atoms with Gasteiger partial charge in [-0.1, -0.05) is 30.3 Å². The van der Waals surface area contributed by atoms with Crippen LogP contribution in [0.1, 0.15) is 40.5 Å². The Balaban J connectivity index is 1.40. The fraction of sp³-hybridized carbons (Fsp3) is 0.471. The number of likely N-dealkylation sites (tertiary alicyclic amines) is 1. The van der Waals surface area contributed by atoms with Crippen LogP contribution in [0.2, 0.25) is 0 Å². The van der Waals surface area contributed by atoms with Gasteiger partial charge in [-0.25, -0.2) is 0 Å². The number of rotatable bonds is 5. The summed E-state index contributed by atoms with van der Waals surface area (Å²) in [6.45, 7) is 5.45. The average molecular weight is 313 g/mol. The molecular formula is C17H23N5O. The molecule has 0 aliphatic carbocycles. The van der Waals surface area contributed by atoms with Crippen molar-refractivity contribution in [3.8, 4) is 0 Å². The molecule has 0 spiro atoms. The quantitative estimate of drug-likeness (QED) is 0.881. The van der Waals surface area contributed by atoms with Gasteiger partial charge in [0.15, 0.2) is 5.69 Å². The number of nitrogens with zero attached hydrogens (tertiary/aromatic N) is 3. The monoisotopic (exact) mass is 313 g/mol. The first-order valence-electron chi connectivity index (χ1n) is 8.17. The van der Waals surface area contributed by atoms with Crippen LogP contribution >= 0.6 is 0 Å².